The summed E-state index contributed by atoms with van der Waals surface area (Å²) in [5.74, 6) is -2.74. The van der Waals surface area contributed by atoms with Crippen molar-refractivity contribution in [2.24, 2.45) is 11.7 Å². The lowest BCUT2D eigenvalue weighted by Gasteiger charge is -2.24. The molecule has 0 aliphatic rings. The Morgan fingerprint density at radius 2 is 2.24 bits per heavy atom. The molecule has 0 bridgehead atoms. The van der Waals surface area contributed by atoms with E-state index in [4.69, 9.17) is 11.1 Å². The van der Waals surface area contributed by atoms with E-state index in [0.717, 1.165) is 5.56 Å². The Hall–Kier alpha value is -1.08. The Labute approximate surface area is 102 Å². The fourth-order valence-corrected chi connectivity index (χ4v) is 2.11. The molecule has 1 aromatic heterocycles. The zero-order valence-electron chi connectivity index (χ0n) is 9.29. The molecule has 1 rings (SSSR count). The third kappa shape index (κ3) is 4.35. The average Bonchev–Trinajstić information content (AvgIpc) is 2.64. The van der Waals surface area contributed by atoms with Gasteiger partial charge in [0.25, 0.3) is 0 Å². The van der Waals surface area contributed by atoms with Gasteiger partial charge in [0.05, 0.1) is 0 Å². The zero-order chi connectivity index (χ0) is 13.1. The normalized spacial score (nSPS) is 13.9. The SMILES string of the molecule is CN(Cc1ccsc1)CC(C(=N)N)C(F)(F)F. The summed E-state index contributed by atoms with van der Waals surface area (Å²) in [5, 5.41) is 10.7. The van der Waals surface area contributed by atoms with Crippen molar-refractivity contribution < 1.29 is 13.2 Å². The third-order valence-electron chi connectivity index (χ3n) is 2.30. The fourth-order valence-electron chi connectivity index (χ4n) is 1.45. The Morgan fingerprint density at radius 1 is 1.59 bits per heavy atom. The van der Waals surface area contributed by atoms with Crippen LogP contribution in [0.5, 0.6) is 0 Å². The molecule has 0 aliphatic heterocycles. The largest absolute Gasteiger partial charge is 0.399 e. The average molecular weight is 265 g/mol. The van der Waals surface area contributed by atoms with Gasteiger partial charge in [0.2, 0.25) is 0 Å². The van der Waals surface area contributed by atoms with Crippen LogP contribution in [0.2, 0.25) is 0 Å². The molecule has 0 amide bonds. The molecule has 3 nitrogen and oxygen atoms in total. The zero-order valence-corrected chi connectivity index (χ0v) is 10.1. The second kappa shape index (κ2) is 5.50. The van der Waals surface area contributed by atoms with Gasteiger partial charge in [0.1, 0.15) is 11.8 Å². The van der Waals surface area contributed by atoms with E-state index in [9.17, 15) is 13.2 Å². The summed E-state index contributed by atoms with van der Waals surface area (Å²) in [4.78, 5) is 1.52. The van der Waals surface area contributed by atoms with Crippen molar-refractivity contribution in [3.63, 3.8) is 0 Å². The van der Waals surface area contributed by atoms with E-state index in [1.165, 1.54) is 16.2 Å². The first-order valence-corrected chi connectivity index (χ1v) is 5.85. The maximum atomic E-state index is 12.6. The van der Waals surface area contributed by atoms with Crippen molar-refractivity contribution in [2.45, 2.75) is 12.7 Å². The quantitative estimate of drug-likeness (QED) is 0.634. The van der Waals surface area contributed by atoms with Gasteiger partial charge in [-0.2, -0.15) is 24.5 Å². The van der Waals surface area contributed by atoms with E-state index in [0.29, 0.717) is 6.54 Å². The van der Waals surface area contributed by atoms with Crippen LogP contribution in [0.1, 0.15) is 5.56 Å². The number of nitrogens with one attached hydrogen (secondary N) is 1. The van der Waals surface area contributed by atoms with Crippen molar-refractivity contribution >= 4 is 17.2 Å². The van der Waals surface area contributed by atoms with E-state index in [2.05, 4.69) is 0 Å². The predicted octanol–water partition coefficient (Wildman–Crippen LogP) is 2.29. The first-order valence-electron chi connectivity index (χ1n) is 4.91. The van der Waals surface area contributed by atoms with Crippen molar-refractivity contribution in [3.05, 3.63) is 22.4 Å². The summed E-state index contributed by atoms with van der Waals surface area (Å²) in [6.07, 6.45) is -4.46. The maximum absolute atomic E-state index is 12.6. The molecule has 96 valence electrons. The number of nitrogens with zero attached hydrogens (tertiary/aromatic N) is 1. The number of rotatable bonds is 5. The number of halogens is 3. The smallest absolute Gasteiger partial charge is 0.387 e. The molecule has 0 saturated heterocycles. The Kier molecular flexibility index (Phi) is 4.53. The molecular formula is C10H14F3N3S. The standard InChI is InChI=1S/C10H14F3N3S/c1-16(4-7-2-3-17-6-7)5-8(9(14)15)10(11,12)13/h2-3,6,8H,4-5H2,1H3,(H3,14,15). The van der Waals surface area contributed by atoms with Crippen LogP contribution in [0.3, 0.4) is 0 Å². The van der Waals surface area contributed by atoms with Crippen LogP contribution >= 0.6 is 11.3 Å². The molecule has 1 aromatic rings. The van der Waals surface area contributed by atoms with Gasteiger partial charge in [-0.05, 0) is 29.4 Å². The molecule has 3 N–H and O–H groups in total. The van der Waals surface area contributed by atoms with Crippen molar-refractivity contribution in [1.82, 2.24) is 4.90 Å². The summed E-state index contributed by atoms with van der Waals surface area (Å²) < 4.78 is 37.7. The van der Waals surface area contributed by atoms with Crippen LogP contribution < -0.4 is 5.73 Å². The first kappa shape index (κ1) is 14.0. The van der Waals surface area contributed by atoms with E-state index < -0.39 is 17.9 Å². The topological polar surface area (TPSA) is 53.1 Å². The van der Waals surface area contributed by atoms with E-state index in [-0.39, 0.29) is 6.54 Å². The highest BCUT2D eigenvalue weighted by Gasteiger charge is 2.42. The maximum Gasteiger partial charge on any atom is 0.399 e. The minimum Gasteiger partial charge on any atom is -0.387 e. The highest BCUT2D eigenvalue weighted by atomic mass is 32.1. The molecule has 17 heavy (non-hydrogen) atoms. The summed E-state index contributed by atoms with van der Waals surface area (Å²) in [5.41, 5.74) is 5.94. The van der Waals surface area contributed by atoms with Gasteiger partial charge in [-0.1, -0.05) is 0 Å². The van der Waals surface area contributed by atoms with Crippen LogP contribution in [0, 0.1) is 11.3 Å². The number of amidine groups is 1. The molecule has 1 atom stereocenters. The Bertz CT molecular complexity index is 361. The molecule has 0 fully saturated rings. The molecule has 0 saturated carbocycles. The molecule has 7 heteroatoms. The van der Waals surface area contributed by atoms with Crippen LogP contribution in [0.15, 0.2) is 16.8 Å². The molecule has 0 radical (unpaired) electrons. The lowest BCUT2D eigenvalue weighted by molar-refractivity contribution is -0.159. The Balaban J connectivity index is 2.59. The van der Waals surface area contributed by atoms with Gasteiger partial charge < -0.3 is 10.6 Å². The van der Waals surface area contributed by atoms with Crippen molar-refractivity contribution in [3.8, 4) is 0 Å². The number of hydrogen-bond acceptors (Lipinski definition) is 3. The highest BCUT2D eigenvalue weighted by molar-refractivity contribution is 7.07. The van der Waals surface area contributed by atoms with Crippen LogP contribution in [-0.4, -0.2) is 30.5 Å². The summed E-state index contributed by atoms with van der Waals surface area (Å²) in [6, 6.07) is 1.86. The van der Waals surface area contributed by atoms with Crippen LogP contribution in [0.4, 0.5) is 13.2 Å². The van der Waals surface area contributed by atoms with E-state index in [1.807, 2.05) is 16.8 Å². The summed E-state index contributed by atoms with van der Waals surface area (Å²) in [7, 11) is 1.58. The van der Waals surface area contributed by atoms with Crippen molar-refractivity contribution in [2.75, 3.05) is 13.6 Å². The minimum absolute atomic E-state index is 0.297. The second-order valence-electron chi connectivity index (χ2n) is 3.88. The minimum atomic E-state index is -4.46. The molecule has 0 spiro atoms. The monoisotopic (exact) mass is 265 g/mol. The van der Waals surface area contributed by atoms with Gasteiger partial charge >= 0.3 is 6.18 Å². The van der Waals surface area contributed by atoms with Gasteiger partial charge in [0.15, 0.2) is 0 Å². The van der Waals surface area contributed by atoms with Crippen molar-refractivity contribution in [1.29, 1.82) is 5.41 Å². The van der Waals surface area contributed by atoms with Crippen LogP contribution in [0.25, 0.3) is 0 Å². The lowest BCUT2D eigenvalue weighted by Crippen LogP contribution is -2.42. The van der Waals surface area contributed by atoms with E-state index >= 15 is 0 Å². The number of thiophene rings is 1. The summed E-state index contributed by atoms with van der Waals surface area (Å²) in [6.45, 7) is 0.123. The van der Waals surface area contributed by atoms with Crippen LogP contribution in [-0.2, 0) is 6.54 Å². The molecule has 0 aromatic carbocycles. The Morgan fingerprint density at radius 3 is 2.65 bits per heavy atom. The second-order valence-corrected chi connectivity index (χ2v) is 4.66. The molecular weight excluding hydrogens is 251 g/mol. The highest BCUT2D eigenvalue weighted by Crippen LogP contribution is 2.27. The van der Waals surface area contributed by atoms with Gasteiger partial charge in [-0.15, -0.1) is 0 Å². The van der Waals surface area contributed by atoms with Gasteiger partial charge in [0, 0.05) is 13.1 Å². The fraction of sp³-hybridized carbons (Fsp3) is 0.500. The summed E-state index contributed by atoms with van der Waals surface area (Å²) >= 11 is 1.50. The molecule has 0 aliphatic carbocycles. The van der Waals surface area contributed by atoms with E-state index in [1.54, 1.807) is 7.05 Å². The predicted molar refractivity (Wildman–Crippen MR) is 62.1 cm³/mol. The van der Waals surface area contributed by atoms with Gasteiger partial charge in [-0.3, -0.25) is 5.41 Å². The number of nitrogens with two attached hydrogens (primary N) is 1. The number of hydrogen-bond donors (Lipinski definition) is 2. The third-order valence-corrected chi connectivity index (χ3v) is 3.03. The lowest BCUT2D eigenvalue weighted by atomic mass is 10.1. The molecule has 1 unspecified atom stereocenters. The first-order chi connectivity index (χ1) is 7.80. The van der Waals surface area contributed by atoms with Gasteiger partial charge in [-0.25, -0.2) is 0 Å². The number of alkyl halides is 3. The molecule has 1 heterocycles.